The van der Waals surface area contributed by atoms with Crippen molar-refractivity contribution in [3.63, 3.8) is 0 Å². The van der Waals surface area contributed by atoms with E-state index >= 15 is 0 Å². The molecule has 0 unspecified atom stereocenters. The fraction of sp³-hybridized carbons (Fsp3) is 0.0667. The fourth-order valence-electron chi connectivity index (χ4n) is 1.76. The first-order valence-corrected chi connectivity index (χ1v) is 6.64. The lowest BCUT2D eigenvalue weighted by atomic mass is 10.1. The number of thiocarbonyl (C=S) groups is 1. The van der Waals surface area contributed by atoms with Crippen LogP contribution in [0.1, 0.15) is 11.1 Å². The summed E-state index contributed by atoms with van der Waals surface area (Å²) in [6.45, 7) is 0.317. The van der Waals surface area contributed by atoms with E-state index < -0.39 is 11.8 Å². The number of halogens is 1. The van der Waals surface area contributed by atoms with Gasteiger partial charge >= 0.3 is 6.03 Å². The summed E-state index contributed by atoms with van der Waals surface area (Å²) in [5.74, 6) is -0.406. The Kier molecular flexibility index (Phi) is 4.84. The van der Waals surface area contributed by atoms with Crippen molar-refractivity contribution >= 4 is 28.9 Å². The summed E-state index contributed by atoms with van der Waals surface area (Å²) in [7, 11) is 0. The number of hydrogen-bond donors (Lipinski definition) is 3. The van der Waals surface area contributed by atoms with Crippen molar-refractivity contribution in [1.29, 1.82) is 0 Å². The Labute approximate surface area is 127 Å². The maximum absolute atomic E-state index is 13.0. The second-order valence-electron chi connectivity index (χ2n) is 4.38. The van der Waals surface area contributed by atoms with Crippen LogP contribution in [0.15, 0.2) is 48.5 Å². The molecule has 0 atom stereocenters. The van der Waals surface area contributed by atoms with Gasteiger partial charge in [0.25, 0.3) is 0 Å². The monoisotopic (exact) mass is 303 g/mol. The summed E-state index contributed by atoms with van der Waals surface area (Å²) in [6, 6.07) is 12.6. The topological polar surface area (TPSA) is 67.1 Å². The number of nitrogens with one attached hydrogen (secondary N) is 2. The van der Waals surface area contributed by atoms with Crippen molar-refractivity contribution < 1.29 is 9.18 Å². The lowest BCUT2D eigenvalue weighted by Gasteiger charge is -2.08. The van der Waals surface area contributed by atoms with E-state index in [4.69, 9.17) is 18.0 Å². The molecule has 0 bridgehead atoms. The molecule has 4 nitrogen and oxygen atoms in total. The summed E-state index contributed by atoms with van der Waals surface area (Å²) in [5, 5.41) is 5.23. The number of amides is 2. The third-order valence-electron chi connectivity index (χ3n) is 2.75. The number of benzene rings is 2. The molecule has 0 aliphatic rings. The van der Waals surface area contributed by atoms with Gasteiger partial charge in [-0.2, -0.15) is 0 Å². The Morgan fingerprint density at radius 1 is 1.19 bits per heavy atom. The predicted molar refractivity (Wildman–Crippen MR) is 84.6 cm³/mol. The van der Waals surface area contributed by atoms with Gasteiger partial charge in [-0.15, -0.1) is 0 Å². The molecular formula is C15H14FN3OS. The van der Waals surface area contributed by atoms with E-state index in [0.717, 1.165) is 11.1 Å². The van der Waals surface area contributed by atoms with Crippen molar-refractivity contribution in [3.8, 4) is 0 Å². The van der Waals surface area contributed by atoms with Gasteiger partial charge in [0.2, 0.25) is 0 Å². The van der Waals surface area contributed by atoms with E-state index in [0.29, 0.717) is 17.2 Å². The maximum atomic E-state index is 13.0. The Balaban J connectivity index is 1.92. The second kappa shape index (κ2) is 6.81. The van der Waals surface area contributed by atoms with Crippen LogP contribution in [0.3, 0.4) is 0 Å². The predicted octanol–water partition coefficient (Wildman–Crippen LogP) is 2.78. The number of nitrogens with two attached hydrogens (primary N) is 1. The molecule has 0 heterocycles. The van der Waals surface area contributed by atoms with E-state index in [1.807, 2.05) is 18.2 Å². The van der Waals surface area contributed by atoms with E-state index in [1.54, 1.807) is 12.1 Å². The lowest BCUT2D eigenvalue weighted by Crippen LogP contribution is -2.28. The third-order valence-corrected chi connectivity index (χ3v) is 2.98. The van der Waals surface area contributed by atoms with E-state index in [1.165, 1.54) is 18.2 Å². The SMILES string of the molecule is NC(=S)c1cccc(CNC(=O)Nc2cccc(F)c2)c1. The van der Waals surface area contributed by atoms with Gasteiger partial charge in [0.15, 0.2) is 0 Å². The Bertz CT molecular complexity index is 675. The van der Waals surface area contributed by atoms with E-state index in [9.17, 15) is 9.18 Å². The maximum Gasteiger partial charge on any atom is 0.319 e. The summed E-state index contributed by atoms with van der Waals surface area (Å²) in [6.07, 6.45) is 0. The van der Waals surface area contributed by atoms with Crippen LogP contribution in [0, 0.1) is 5.82 Å². The molecule has 0 spiro atoms. The van der Waals surface area contributed by atoms with E-state index in [2.05, 4.69) is 10.6 Å². The molecule has 4 N–H and O–H groups in total. The molecule has 0 aliphatic carbocycles. The first-order valence-electron chi connectivity index (χ1n) is 6.24. The van der Waals surface area contributed by atoms with Crippen molar-refractivity contribution in [2.75, 3.05) is 5.32 Å². The Morgan fingerprint density at radius 3 is 2.67 bits per heavy atom. The molecule has 6 heteroatoms. The number of carbonyl (C=O) groups excluding carboxylic acids is 1. The van der Waals surface area contributed by atoms with Crippen LogP contribution < -0.4 is 16.4 Å². The van der Waals surface area contributed by atoms with Gasteiger partial charge in [-0.3, -0.25) is 0 Å². The minimum Gasteiger partial charge on any atom is -0.389 e. The van der Waals surface area contributed by atoms with E-state index in [-0.39, 0.29) is 0 Å². The number of anilines is 1. The molecule has 2 aromatic carbocycles. The first kappa shape index (κ1) is 14.9. The molecule has 2 amide bonds. The highest BCUT2D eigenvalue weighted by molar-refractivity contribution is 7.80. The number of urea groups is 1. The minimum atomic E-state index is -0.415. The highest BCUT2D eigenvalue weighted by Gasteiger charge is 2.03. The van der Waals surface area contributed by atoms with Gasteiger partial charge in [0.1, 0.15) is 10.8 Å². The molecule has 0 aliphatic heterocycles. The van der Waals surface area contributed by atoms with Crippen molar-refractivity contribution in [2.45, 2.75) is 6.54 Å². The van der Waals surface area contributed by atoms with Gasteiger partial charge in [0.05, 0.1) is 0 Å². The third kappa shape index (κ3) is 4.54. The zero-order valence-electron chi connectivity index (χ0n) is 11.1. The van der Waals surface area contributed by atoms with Crippen molar-refractivity contribution in [3.05, 3.63) is 65.5 Å². The first-order chi connectivity index (χ1) is 10.0. The number of hydrogen-bond acceptors (Lipinski definition) is 2. The Hall–Kier alpha value is -2.47. The summed E-state index contributed by atoms with van der Waals surface area (Å²) < 4.78 is 13.0. The average molecular weight is 303 g/mol. The fourth-order valence-corrected chi connectivity index (χ4v) is 1.89. The molecule has 108 valence electrons. The minimum absolute atomic E-state index is 0.307. The van der Waals surface area contributed by atoms with Crippen LogP contribution in [0.5, 0.6) is 0 Å². The zero-order chi connectivity index (χ0) is 15.2. The van der Waals surface area contributed by atoms with Gasteiger partial charge < -0.3 is 16.4 Å². The van der Waals surface area contributed by atoms with Crippen LogP contribution >= 0.6 is 12.2 Å². The summed E-state index contributed by atoms with van der Waals surface area (Å²) >= 11 is 4.90. The van der Waals surface area contributed by atoms with Crippen molar-refractivity contribution in [1.82, 2.24) is 5.32 Å². The lowest BCUT2D eigenvalue weighted by molar-refractivity contribution is 0.251. The largest absolute Gasteiger partial charge is 0.389 e. The molecule has 0 saturated carbocycles. The summed E-state index contributed by atoms with van der Waals surface area (Å²) in [5.41, 5.74) is 7.56. The molecule has 0 aromatic heterocycles. The quantitative estimate of drug-likeness (QED) is 0.761. The molecule has 21 heavy (non-hydrogen) atoms. The average Bonchev–Trinajstić information content (AvgIpc) is 2.45. The Morgan fingerprint density at radius 2 is 1.95 bits per heavy atom. The standard InChI is InChI=1S/C15H14FN3OS/c16-12-5-2-6-13(8-12)19-15(20)18-9-10-3-1-4-11(7-10)14(17)21/h1-8H,9H2,(H2,17,21)(H2,18,19,20). The van der Waals surface area contributed by atoms with Crippen LogP contribution in [0.4, 0.5) is 14.9 Å². The van der Waals surface area contributed by atoms with Gasteiger partial charge in [-0.05, 0) is 29.8 Å². The zero-order valence-corrected chi connectivity index (χ0v) is 11.9. The molecule has 2 rings (SSSR count). The number of carbonyl (C=O) groups is 1. The van der Waals surface area contributed by atoms with Gasteiger partial charge in [-0.25, -0.2) is 9.18 Å². The molecule has 2 aromatic rings. The highest BCUT2D eigenvalue weighted by Crippen LogP contribution is 2.09. The molecule has 0 radical (unpaired) electrons. The normalized spacial score (nSPS) is 9.95. The van der Waals surface area contributed by atoms with Crippen LogP contribution in [-0.4, -0.2) is 11.0 Å². The van der Waals surface area contributed by atoms with Gasteiger partial charge in [-0.1, -0.05) is 36.5 Å². The number of rotatable bonds is 4. The molecule has 0 saturated heterocycles. The van der Waals surface area contributed by atoms with Crippen LogP contribution in [0.2, 0.25) is 0 Å². The smallest absolute Gasteiger partial charge is 0.319 e. The second-order valence-corrected chi connectivity index (χ2v) is 4.82. The van der Waals surface area contributed by atoms with Crippen LogP contribution in [-0.2, 0) is 6.54 Å². The van der Waals surface area contributed by atoms with Gasteiger partial charge in [0, 0.05) is 17.8 Å². The molecule has 0 fully saturated rings. The van der Waals surface area contributed by atoms with Crippen molar-refractivity contribution in [2.24, 2.45) is 5.73 Å². The summed E-state index contributed by atoms with van der Waals surface area (Å²) in [4.78, 5) is 12.0. The highest BCUT2D eigenvalue weighted by atomic mass is 32.1. The van der Waals surface area contributed by atoms with Crippen LogP contribution in [0.25, 0.3) is 0 Å². The molecular weight excluding hydrogens is 289 g/mol.